The maximum absolute atomic E-state index is 5.90. The number of nitrogens with one attached hydrogen (secondary N) is 1. The first kappa shape index (κ1) is 14.5. The van der Waals surface area contributed by atoms with Crippen molar-refractivity contribution in [2.45, 2.75) is 58.1 Å². The van der Waals surface area contributed by atoms with E-state index in [0.717, 1.165) is 31.8 Å². The second kappa shape index (κ2) is 8.28. The van der Waals surface area contributed by atoms with Crippen molar-refractivity contribution in [2.75, 3.05) is 13.2 Å². The van der Waals surface area contributed by atoms with Crippen molar-refractivity contribution in [3.63, 3.8) is 0 Å². The Morgan fingerprint density at radius 3 is 2.84 bits per heavy atom. The number of rotatable bonds is 7. The van der Waals surface area contributed by atoms with E-state index < -0.39 is 0 Å². The number of pyridine rings is 1. The van der Waals surface area contributed by atoms with Crippen molar-refractivity contribution in [3.8, 4) is 0 Å². The van der Waals surface area contributed by atoms with Crippen molar-refractivity contribution >= 4 is 0 Å². The van der Waals surface area contributed by atoms with Crippen LogP contribution < -0.4 is 5.32 Å². The molecule has 19 heavy (non-hydrogen) atoms. The Kier molecular flexibility index (Phi) is 6.31. The molecule has 106 valence electrons. The Morgan fingerprint density at radius 2 is 2.11 bits per heavy atom. The minimum atomic E-state index is 0.537. The zero-order chi connectivity index (χ0) is 13.3. The van der Waals surface area contributed by atoms with Crippen molar-refractivity contribution in [1.29, 1.82) is 0 Å². The average Bonchev–Trinajstić information content (AvgIpc) is 2.46. The lowest BCUT2D eigenvalue weighted by Gasteiger charge is -2.21. The first-order valence-corrected chi connectivity index (χ1v) is 7.58. The van der Waals surface area contributed by atoms with Gasteiger partial charge in [0.1, 0.15) is 0 Å². The fourth-order valence-electron chi connectivity index (χ4n) is 2.51. The minimum absolute atomic E-state index is 0.537. The first-order chi connectivity index (χ1) is 9.34. The van der Waals surface area contributed by atoms with Crippen LogP contribution in [0.1, 0.15) is 49.8 Å². The molecule has 3 heteroatoms. The van der Waals surface area contributed by atoms with Crippen LogP contribution in [0.2, 0.25) is 0 Å². The Balaban J connectivity index is 1.49. The molecule has 1 aliphatic rings. The standard InChI is InChI=1S/C16H26N2O/c1-14-8-9-15(13-18-14)12-17-10-5-11-19-16-6-3-2-4-7-16/h8-9,13,16-17H,2-7,10-12H2,1H3. The topological polar surface area (TPSA) is 34.1 Å². The normalized spacial score (nSPS) is 16.7. The third-order valence-electron chi connectivity index (χ3n) is 3.71. The van der Waals surface area contributed by atoms with Gasteiger partial charge in [0.05, 0.1) is 6.10 Å². The molecule has 0 spiro atoms. The van der Waals surface area contributed by atoms with Crippen LogP contribution in [-0.2, 0) is 11.3 Å². The van der Waals surface area contributed by atoms with Crippen LogP contribution in [0.4, 0.5) is 0 Å². The van der Waals surface area contributed by atoms with E-state index in [-0.39, 0.29) is 0 Å². The predicted octanol–water partition coefficient (Wildman–Crippen LogP) is 3.22. The number of aromatic nitrogens is 1. The number of aryl methyl sites for hydroxylation is 1. The van der Waals surface area contributed by atoms with E-state index >= 15 is 0 Å². The van der Waals surface area contributed by atoms with Gasteiger partial charge >= 0.3 is 0 Å². The third-order valence-corrected chi connectivity index (χ3v) is 3.71. The van der Waals surface area contributed by atoms with Crippen LogP contribution in [-0.4, -0.2) is 24.2 Å². The summed E-state index contributed by atoms with van der Waals surface area (Å²) in [6.07, 6.45) is 10.2. The van der Waals surface area contributed by atoms with E-state index in [2.05, 4.69) is 22.4 Å². The molecule has 0 atom stereocenters. The summed E-state index contributed by atoms with van der Waals surface area (Å²) in [5.41, 5.74) is 2.32. The molecule has 0 saturated heterocycles. The van der Waals surface area contributed by atoms with Crippen molar-refractivity contribution in [3.05, 3.63) is 29.6 Å². The highest BCUT2D eigenvalue weighted by atomic mass is 16.5. The summed E-state index contributed by atoms with van der Waals surface area (Å²) in [4.78, 5) is 4.29. The van der Waals surface area contributed by atoms with Crippen molar-refractivity contribution < 1.29 is 4.74 Å². The summed E-state index contributed by atoms with van der Waals surface area (Å²) in [6, 6.07) is 4.19. The largest absolute Gasteiger partial charge is 0.378 e. The van der Waals surface area contributed by atoms with Crippen molar-refractivity contribution in [1.82, 2.24) is 10.3 Å². The molecule has 3 nitrogen and oxygen atoms in total. The lowest BCUT2D eigenvalue weighted by molar-refractivity contribution is 0.0273. The quantitative estimate of drug-likeness (QED) is 0.766. The van der Waals surface area contributed by atoms with Gasteiger partial charge in [0.25, 0.3) is 0 Å². The van der Waals surface area contributed by atoms with E-state index in [4.69, 9.17) is 4.74 Å². The molecule has 0 radical (unpaired) electrons. The predicted molar refractivity (Wildman–Crippen MR) is 78.1 cm³/mol. The number of ether oxygens (including phenoxy) is 1. The third kappa shape index (κ3) is 5.70. The van der Waals surface area contributed by atoms with E-state index in [1.54, 1.807) is 0 Å². The lowest BCUT2D eigenvalue weighted by Crippen LogP contribution is -2.20. The Bertz CT molecular complexity index is 344. The van der Waals surface area contributed by atoms with Gasteiger partial charge in [0, 0.05) is 25.0 Å². The lowest BCUT2D eigenvalue weighted by atomic mass is 9.98. The fourth-order valence-corrected chi connectivity index (χ4v) is 2.51. The van der Waals surface area contributed by atoms with Gasteiger partial charge in [-0.15, -0.1) is 0 Å². The van der Waals surface area contributed by atoms with Gasteiger partial charge in [-0.25, -0.2) is 0 Å². The fraction of sp³-hybridized carbons (Fsp3) is 0.688. The molecule has 0 aliphatic heterocycles. The maximum atomic E-state index is 5.90. The highest BCUT2D eigenvalue weighted by Gasteiger charge is 2.12. The molecule has 1 saturated carbocycles. The number of nitrogens with zero attached hydrogens (tertiary/aromatic N) is 1. The van der Waals surface area contributed by atoms with Crippen LogP contribution in [0.25, 0.3) is 0 Å². The molecule has 1 aromatic rings. The van der Waals surface area contributed by atoms with Gasteiger partial charge in [-0.3, -0.25) is 4.98 Å². The molecular weight excluding hydrogens is 236 g/mol. The number of hydrogen-bond donors (Lipinski definition) is 1. The Morgan fingerprint density at radius 1 is 1.26 bits per heavy atom. The van der Waals surface area contributed by atoms with Crippen LogP contribution in [0.5, 0.6) is 0 Å². The van der Waals surface area contributed by atoms with E-state index in [9.17, 15) is 0 Å². The zero-order valence-electron chi connectivity index (χ0n) is 12.0. The Labute approximate surface area is 116 Å². The molecule has 0 aromatic carbocycles. The molecule has 1 aromatic heterocycles. The molecule has 0 bridgehead atoms. The van der Waals surface area contributed by atoms with E-state index in [0.29, 0.717) is 6.10 Å². The summed E-state index contributed by atoms with van der Waals surface area (Å²) in [6.45, 7) is 4.82. The minimum Gasteiger partial charge on any atom is -0.378 e. The van der Waals surface area contributed by atoms with Gasteiger partial charge in [-0.2, -0.15) is 0 Å². The molecule has 0 amide bonds. The first-order valence-electron chi connectivity index (χ1n) is 7.58. The summed E-state index contributed by atoms with van der Waals surface area (Å²) in [5, 5.41) is 3.44. The average molecular weight is 262 g/mol. The van der Waals surface area contributed by atoms with Crippen molar-refractivity contribution in [2.24, 2.45) is 0 Å². The SMILES string of the molecule is Cc1ccc(CNCCCOC2CCCCC2)cn1. The molecule has 1 N–H and O–H groups in total. The van der Waals surface area contributed by atoms with Gasteiger partial charge in [-0.1, -0.05) is 25.3 Å². The molecule has 0 unspecified atom stereocenters. The molecule has 2 rings (SSSR count). The highest BCUT2D eigenvalue weighted by Crippen LogP contribution is 2.20. The summed E-state index contributed by atoms with van der Waals surface area (Å²) >= 11 is 0. The Hall–Kier alpha value is -0.930. The van der Waals surface area contributed by atoms with Crippen LogP contribution in [0.3, 0.4) is 0 Å². The maximum Gasteiger partial charge on any atom is 0.0575 e. The zero-order valence-corrected chi connectivity index (χ0v) is 12.0. The van der Waals surface area contributed by atoms with Gasteiger partial charge in [0.2, 0.25) is 0 Å². The summed E-state index contributed by atoms with van der Waals surface area (Å²) in [5.74, 6) is 0. The second-order valence-corrected chi connectivity index (χ2v) is 5.47. The smallest absolute Gasteiger partial charge is 0.0575 e. The van der Waals surface area contributed by atoms with E-state index in [1.165, 1.54) is 37.7 Å². The second-order valence-electron chi connectivity index (χ2n) is 5.47. The van der Waals surface area contributed by atoms with Gasteiger partial charge < -0.3 is 10.1 Å². The monoisotopic (exact) mass is 262 g/mol. The molecule has 1 aliphatic carbocycles. The molecular formula is C16H26N2O. The number of hydrogen-bond acceptors (Lipinski definition) is 3. The summed E-state index contributed by atoms with van der Waals surface area (Å²) < 4.78 is 5.90. The molecule has 1 fully saturated rings. The van der Waals surface area contributed by atoms with Crippen LogP contribution in [0.15, 0.2) is 18.3 Å². The van der Waals surface area contributed by atoms with Crippen LogP contribution >= 0.6 is 0 Å². The van der Waals surface area contributed by atoms with E-state index in [1.807, 2.05) is 13.1 Å². The van der Waals surface area contributed by atoms with Gasteiger partial charge in [-0.05, 0) is 44.4 Å². The molecule has 1 heterocycles. The highest BCUT2D eigenvalue weighted by molar-refractivity contribution is 5.12. The van der Waals surface area contributed by atoms with Gasteiger partial charge in [0.15, 0.2) is 0 Å². The van der Waals surface area contributed by atoms with Crippen LogP contribution in [0, 0.1) is 6.92 Å². The summed E-state index contributed by atoms with van der Waals surface area (Å²) in [7, 11) is 0.